The van der Waals surface area contributed by atoms with Crippen LogP contribution in [0.5, 0.6) is 0 Å². The molecule has 3 aromatic rings. The zero-order chi connectivity index (χ0) is 21.3. The highest BCUT2D eigenvalue weighted by molar-refractivity contribution is 6.01. The van der Waals surface area contributed by atoms with Gasteiger partial charge in [0.2, 0.25) is 0 Å². The fourth-order valence-electron chi connectivity index (χ4n) is 3.03. The largest absolute Gasteiger partial charge is 0.351 e. The third-order valence-electron chi connectivity index (χ3n) is 4.53. The summed E-state index contributed by atoms with van der Waals surface area (Å²) < 4.78 is 1.69. The van der Waals surface area contributed by atoms with Gasteiger partial charge in [0.1, 0.15) is 11.6 Å². The number of nitriles is 1. The monoisotopic (exact) mass is 400 g/mol. The van der Waals surface area contributed by atoms with Crippen LogP contribution in [0.3, 0.4) is 0 Å². The molecule has 3 rings (SSSR count). The van der Waals surface area contributed by atoms with Crippen molar-refractivity contribution in [3.8, 4) is 11.8 Å². The summed E-state index contributed by atoms with van der Waals surface area (Å²) in [7, 11) is 0. The van der Waals surface area contributed by atoms with Gasteiger partial charge in [-0.15, -0.1) is 0 Å². The third kappa shape index (κ3) is 5.20. The number of aromatic nitrogens is 1. The molecule has 7 nitrogen and oxygen atoms in total. The van der Waals surface area contributed by atoms with Crippen molar-refractivity contribution in [1.82, 2.24) is 9.88 Å². The van der Waals surface area contributed by atoms with Crippen LogP contribution in [0.25, 0.3) is 11.8 Å². The molecular formula is C23H20N4O3. The SMILES string of the molecule is N#C/C(=C/c1cccn1-c1cccc([N+](=O)[O-])c1)C(=O)NCCCc1ccccc1. The van der Waals surface area contributed by atoms with E-state index in [-0.39, 0.29) is 11.3 Å². The van der Waals surface area contributed by atoms with Crippen LogP contribution in [0.1, 0.15) is 17.7 Å². The van der Waals surface area contributed by atoms with Gasteiger partial charge in [-0.05, 0) is 42.7 Å². The van der Waals surface area contributed by atoms with Crippen molar-refractivity contribution >= 4 is 17.7 Å². The standard InChI is InChI=1S/C23H20N4O3/c24-17-19(23(28)25-13-5-9-18-7-2-1-3-8-18)15-20-12-6-14-26(20)21-10-4-11-22(16-21)27(29)30/h1-4,6-8,10-12,14-16H,5,9,13H2,(H,25,28)/b19-15-. The maximum Gasteiger partial charge on any atom is 0.271 e. The van der Waals surface area contributed by atoms with Crippen molar-refractivity contribution < 1.29 is 9.72 Å². The minimum atomic E-state index is -0.466. The second-order valence-electron chi connectivity index (χ2n) is 6.59. The van der Waals surface area contributed by atoms with Crippen LogP contribution in [0.15, 0.2) is 78.5 Å². The molecule has 150 valence electrons. The van der Waals surface area contributed by atoms with Gasteiger partial charge in [0.15, 0.2) is 0 Å². The van der Waals surface area contributed by atoms with Gasteiger partial charge in [-0.25, -0.2) is 0 Å². The number of hydrogen-bond acceptors (Lipinski definition) is 4. The molecule has 0 atom stereocenters. The number of amides is 1. The Hall–Kier alpha value is -4.18. The van der Waals surface area contributed by atoms with Crippen molar-refractivity contribution in [2.24, 2.45) is 0 Å². The molecule has 0 bridgehead atoms. The number of nitrogens with one attached hydrogen (secondary N) is 1. The summed E-state index contributed by atoms with van der Waals surface area (Å²) in [5, 5.41) is 23.2. The lowest BCUT2D eigenvalue weighted by atomic mass is 10.1. The lowest BCUT2D eigenvalue weighted by Crippen LogP contribution is -2.26. The first kappa shape index (κ1) is 20.6. The van der Waals surface area contributed by atoms with E-state index in [1.807, 2.05) is 36.4 Å². The Kier molecular flexibility index (Phi) is 6.74. The molecule has 0 aliphatic carbocycles. The number of nitro groups is 1. The predicted molar refractivity (Wildman–Crippen MR) is 114 cm³/mol. The molecule has 7 heteroatoms. The van der Waals surface area contributed by atoms with Crippen molar-refractivity contribution in [2.45, 2.75) is 12.8 Å². The molecule has 0 aliphatic heterocycles. The maximum absolute atomic E-state index is 12.4. The molecule has 0 radical (unpaired) electrons. The minimum absolute atomic E-state index is 0.0277. The highest BCUT2D eigenvalue weighted by Crippen LogP contribution is 2.20. The van der Waals surface area contributed by atoms with Crippen LogP contribution in [-0.2, 0) is 11.2 Å². The van der Waals surface area contributed by atoms with Crippen LogP contribution in [0.2, 0.25) is 0 Å². The van der Waals surface area contributed by atoms with Gasteiger partial charge in [-0.2, -0.15) is 5.26 Å². The summed E-state index contributed by atoms with van der Waals surface area (Å²) in [5.41, 5.74) is 2.28. The molecule has 0 saturated carbocycles. The molecule has 1 aromatic heterocycles. The number of nitrogens with zero attached hydrogens (tertiary/aromatic N) is 3. The number of nitro benzene ring substituents is 1. The van der Waals surface area contributed by atoms with Crippen molar-refractivity contribution in [3.63, 3.8) is 0 Å². The van der Waals surface area contributed by atoms with Gasteiger partial charge >= 0.3 is 0 Å². The Morgan fingerprint density at radius 2 is 1.93 bits per heavy atom. The van der Waals surface area contributed by atoms with Gasteiger partial charge in [0, 0.05) is 30.6 Å². The molecule has 0 unspecified atom stereocenters. The van der Waals surface area contributed by atoms with Crippen LogP contribution < -0.4 is 5.32 Å². The van der Waals surface area contributed by atoms with Gasteiger partial charge in [-0.3, -0.25) is 14.9 Å². The van der Waals surface area contributed by atoms with E-state index in [0.717, 1.165) is 12.8 Å². The molecule has 1 N–H and O–H groups in total. The number of hydrogen-bond donors (Lipinski definition) is 1. The Balaban J connectivity index is 1.68. The first-order valence-corrected chi connectivity index (χ1v) is 9.44. The Bertz CT molecular complexity index is 1110. The first-order chi connectivity index (χ1) is 14.6. The second kappa shape index (κ2) is 9.85. The predicted octanol–water partition coefficient (Wildman–Crippen LogP) is 4.04. The van der Waals surface area contributed by atoms with E-state index >= 15 is 0 Å². The van der Waals surface area contributed by atoms with E-state index in [4.69, 9.17) is 0 Å². The molecule has 0 fully saturated rings. The molecule has 0 aliphatic rings. The number of carbonyl (C=O) groups is 1. The number of carbonyl (C=O) groups excluding carboxylic acids is 1. The number of rotatable bonds is 8. The Morgan fingerprint density at radius 1 is 1.13 bits per heavy atom. The molecule has 2 aromatic carbocycles. The van der Waals surface area contributed by atoms with Crippen LogP contribution in [0, 0.1) is 21.4 Å². The summed E-state index contributed by atoms with van der Waals surface area (Å²) in [6, 6.07) is 21.5. The highest BCUT2D eigenvalue weighted by atomic mass is 16.6. The number of aryl methyl sites for hydroxylation is 1. The average Bonchev–Trinajstić information content (AvgIpc) is 3.24. The van der Waals surface area contributed by atoms with Crippen molar-refractivity contribution in [2.75, 3.05) is 6.54 Å². The molecule has 0 spiro atoms. The highest BCUT2D eigenvalue weighted by Gasteiger charge is 2.12. The first-order valence-electron chi connectivity index (χ1n) is 9.44. The van der Waals surface area contributed by atoms with E-state index in [2.05, 4.69) is 5.32 Å². The number of non-ortho nitro benzene ring substituents is 1. The minimum Gasteiger partial charge on any atom is -0.351 e. The lowest BCUT2D eigenvalue weighted by molar-refractivity contribution is -0.384. The molecular weight excluding hydrogens is 380 g/mol. The lowest BCUT2D eigenvalue weighted by Gasteiger charge is -2.08. The van der Waals surface area contributed by atoms with E-state index in [0.29, 0.717) is 17.9 Å². The molecule has 30 heavy (non-hydrogen) atoms. The Morgan fingerprint density at radius 3 is 2.67 bits per heavy atom. The zero-order valence-corrected chi connectivity index (χ0v) is 16.2. The summed E-state index contributed by atoms with van der Waals surface area (Å²) in [4.78, 5) is 23.0. The van der Waals surface area contributed by atoms with E-state index in [1.54, 1.807) is 35.0 Å². The number of benzene rings is 2. The van der Waals surface area contributed by atoms with E-state index in [1.165, 1.54) is 23.8 Å². The summed E-state index contributed by atoms with van der Waals surface area (Å²) in [6.07, 6.45) is 4.80. The van der Waals surface area contributed by atoms with Crippen molar-refractivity contribution in [3.05, 3.63) is 99.9 Å². The smallest absolute Gasteiger partial charge is 0.271 e. The third-order valence-corrected chi connectivity index (χ3v) is 4.53. The van der Waals surface area contributed by atoms with Crippen LogP contribution in [-0.4, -0.2) is 21.9 Å². The fraction of sp³-hybridized carbons (Fsp3) is 0.130. The summed E-state index contributed by atoms with van der Waals surface area (Å²) >= 11 is 0. The second-order valence-corrected chi connectivity index (χ2v) is 6.59. The topological polar surface area (TPSA) is 101 Å². The summed E-state index contributed by atoms with van der Waals surface area (Å²) in [5.74, 6) is -0.447. The molecule has 1 amide bonds. The zero-order valence-electron chi connectivity index (χ0n) is 16.2. The quantitative estimate of drug-likeness (QED) is 0.203. The van der Waals surface area contributed by atoms with Gasteiger partial charge in [0.05, 0.1) is 10.6 Å². The Labute approximate surface area is 174 Å². The van der Waals surface area contributed by atoms with Gasteiger partial charge in [-0.1, -0.05) is 36.4 Å². The fourth-order valence-corrected chi connectivity index (χ4v) is 3.03. The average molecular weight is 400 g/mol. The van der Waals surface area contributed by atoms with Crippen molar-refractivity contribution in [1.29, 1.82) is 5.26 Å². The van der Waals surface area contributed by atoms with Crippen LogP contribution >= 0.6 is 0 Å². The molecule has 1 heterocycles. The van der Waals surface area contributed by atoms with Crippen LogP contribution in [0.4, 0.5) is 5.69 Å². The van der Waals surface area contributed by atoms with E-state index < -0.39 is 10.8 Å². The van der Waals surface area contributed by atoms with E-state index in [9.17, 15) is 20.2 Å². The normalized spacial score (nSPS) is 11.0. The maximum atomic E-state index is 12.4. The summed E-state index contributed by atoms with van der Waals surface area (Å²) in [6.45, 7) is 0.457. The van der Waals surface area contributed by atoms with Gasteiger partial charge < -0.3 is 9.88 Å². The molecule has 0 saturated heterocycles. The van der Waals surface area contributed by atoms with Gasteiger partial charge in [0.25, 0.3) is 11.6 Å².